The van der Waals surface area contributed by atoms with Gasteiger partial charge in [-0.2, -0.15) is 0 Å². The fraction of sp³-hybridized carbons (Fsp3) is 0. The molecular formula is C62H41NO. The number of rotatable bonds is 8. The van der Waals surface area contributed by atoms with E-state index in [4.69, 9.17) is 4.42 Å². The van der Waals surface area contributed by atoms with Crippen molar-refractivity contribution in [1.82, 2.24) is 0 Å². The third kappa shape index (κ3) is 6.70. The lowest BCUT2D eigenvalue weighted by Crippen LogP contribution is -2.09. The summed E-state index contributed by atoms with van der Waals surface area (Å²) in [6, 6.07) is 89.6. The van der Waals surface area contributed by atoms with Crippen LogP contribution in [0.3, 0.4) is 0 Å². The van der Waals surface area contributed by atoms with Crippen LogP contribution in [0.5, 0.6) is 0 Å². The summed E-state index contributed by atoms with van der Waals surface area (Å²) in [5, 5.41) is 7.09. The Hall–Kier alpha value is -8.46. The van der Waals surface area contributed by atoms with Crippen molar-refractivity contribution in [1.29, 1.82) is 0 Å². The molecule has 0 aliphatic rings. The van der Waals surface area contributed by atoms with Gasteiger partial charge in [-0.1, -0.05) is 188 Å². The SMILES string of the molecule is c1ccc(-c2cccc(-c3ccc(N(c4ccc(-c5cccc(-c6cccc7ccccc67)c5)cc4)c4ccc(-c5cccc6oc7c8ccccc8ccc7c56)cc4)cc3)c2)cc1. The van der Waals surface area contributed by atoms with Crippen LogP contribution < -0.4 is 4.90 Å². The maximum atomic E-state index is 6.56. The first-order valence-corrected chi connectivity index (χ1v) is 21.9. The zero-order valence-corrected chi connectivity index (χ0v) is 35.0. The van der Waals surface area contributed by atoms with Crippen molar-refractivity contribution in [2.75, 3.05) is 4.90 Å². The number of furan rings is 1. The molecule has 0 saturated carbocycles. The summed E-state index contributed by atoms with van der Waals surface area (Å²) in [5.41, 5.74) is 16.9. The van der Waals surface area contributed by atoms with Gasteiger partial charge in [0, 0.05) is 33.2 Å². The molecule has 0 aliphatic carbocycles. The van der Waals surface area contributed by atoms with Crippen LogP contribution in [0.2, 0.25) is 0 Å². The highest BCUT2D eigenvalue weighted by Crippen LogP contribution is 2.42. The van der Waals surface area contributed by atoms with Crippen LogP contribution >= 0.6 is 0 Å². The molecule has 0 atom stereocenters. The highest BCUT2D eigenvalue weighted by molar-refractivity contribution is 6.19. The van der Waals surface area contributed by atoms with Crippen molar-refractivity contribution < 1.29 is 4.42 Å². The Bertz CT molecular complexity index is 3630. The van der Waals surface area contributed by atoms with Crippen molar-refractivity contribution in [3.63, 3.8) is 0 Å². The molecule has 0 radical (unpaired) electrons. The number of anilines is 3. The van der Waals surface area contributed by atoms with Crippen molar-refractivity contribution in [3.05, 3.63) is 249 Å². The van der Waals surface area contributed by atoms with Gasteiger partial charge in [0.2, 0.25) is 0 Å². The predicted octanol–water partition coefficient (Wildman–Crippen LogP) is 17.7. The summed E-state index contributed by atoms with van der Waals surface area (Å²) in [6.07, 6.45) is 0. The Morgan fingerprint density at radius 1 is 0.266 bits per heavy atom. The predicted molar refractivity (Wildman–Crippen MR) is 271 cm³/mol. The smallest absolute Gasteiger partial charge is 0.143 e. The maximum Gasteiger partial charge on any atom is 0.143 e. The van der Waals surface area contributed by atoms with Crippen LogP contribution in [0.1, 0.15) is 0 Å². The summed E-state index contributed by atoms with van der Waals surface area (Å²) >= 11 is 0. The van der Waals surface area contributed by atoms with Gasteiger partial charge in [-0.3, -0.25) is 0 Å². The minimum atomic E-state index is 0.895. The van der Waals surface area contributed by atoms with Crippen LogP contribution in [0.15, 0.2) is 253 Å². The van der Waals surface area contributed by atoms with E-state index in [1.54, 1.807) is 0 Å². The first-order chi connectivity index (χ1) is 31.7. The van der Waals surface area contributed by atoms with Crippen LogP contribution in [0.4, 0.5) is 17.1 Å². The third-order valence-corrected chi connectivity index (χ3v) is 12.7. The number of hydrogen-bond acceptors (Lipinski definition) is 2. The largest absolute Gasteiger partial charge is 0.455 e. The molecule has 0 unspecified atom stereocenters. The summed E-state index contributed by atoms with van der Waals surface area (Å²) < 4.78 is 6.56. The molecule has 11 aromatic carbocycles. The molecule has 64 heavy (non-hydrogen) atoms. The first kappa shape index (κ1) is 37.3. The normalized spacial score (nSPS) is 11.4. The van der Waals surface area contributed by atoms with Gasteiger partial charge in [0.1, 0.15) is 11.2 Å². The van der Waals surface area contributed by atoms with Crippen molar-refractivity contribution in [2.45, 2.75) is 0 Å². The Morgan fingerprint density at radius 3 is 1.38 bits per heavy atom. The van der Waals surface area contributed by atoms with Gasteiger partial charge in [-0.25, -0.2) is 0 Å². The molecule has 0 saturated heterocycles. The molecule has 1 aromatic heterocycles. The molecule has 0 spiro atoms. The molecule has 12 aromatic rings. The number of benzene rings is 11. The monoisotopic (exact) mass is 815 g/mol. The quantitative estimate of drug-likeness (QED) is 0.152. The topological polar surface area (TPSA) is 16.4 Å². The second-order valence-corrected chi connectivity index (χ2v) is 16.5. The lowest BCUT2D eigenvalue weighted by Gasteiger charge is -2.26. The van der Waals surface area contributed by atoms with E-state index in [0.29, 0.717) is 0 Å². The molecule has 0 N–H and O–H groups in total. The summed E-state index contributed by atoms with van der Waals surface area (Å²) in [7, 11) is 0. The molecule has 0 aliphatic heterocycles. The number of fused-ring (bicyclic) bond motifs is 6. The minimum absolute atomic E-state index is 0.895. The lowest BCUT2D eigenvalue weighted by atomic mass is 9.95. The average Bonchev–Trinajstić information content (AvgIpc) is 3.77. The van der Waals surface area contributed by atoms with Gasteiger partial charge in [-0.05, 0) is 132 Å². The fourth-order valence-electron chi connectivity index (χ4n) is 9.49. The molecule has 12 rings (SSSR count). The Kier molecular flexibility index (Phi) is 9.20. The number of nitrogens with zero attached hydrogens (tertiary/aromatic N) is 1. The summed E-state index contributed by atoms with van der Waals surface area (Å²) in [5.74, 6) is 0. The van der Waals surface area contributed by atoms with E-state index < -0.39 is 0 Å². The van der Waals surface area contributed by atoms with Crippen molar-refractivity contribution in [3.8, 4) is 55.6 Å². The average molecular weight is 816 g/mol. The Balaban J connectivity index is 0.923. The fourth-order valence-corrected chi connectivity index (χ4v) is 9.49. The van der Waals surface area contributed by atoms with Gasteiger partial charge in [0.15, 0.2) is 0 Å². The number of hydrogen-bond donors (Lipinski definition) is 0. The molecule has 0 bridgehead atoms. The molecule has 2 nitrogen and oxygen atoms in total. The van der Waals surface area contributed by atoms with E-state index in [1.807, 2.05) is 0 Å². The van der Waals surface area contributed by atoms with Gasteiger partial charge in [0.05, 0.1) is 0 Å². The zero-order chi connectivity index (χ0) is 42.4. The van der Waals surface area contributed by atoms with Crippen LogP contribution in [-0.2, 0) is 0 Å². The van der Waals surface area contributed by atoms with E-state index in [2.05, 4.69) is 254 Å². The van der Waals surface area contributed by atoms with E-state index in [0.717, 1.165) is 55.5 Å². The van der Waals surface area contributed by atoms with Crippen LogP contribution in [0.25, 0.3) is 99.1 Å². The minimum Gasteiger partial charge on any atom is -0.455 e. The van der Waals surface area contributed by atoms with Gasteiger partial charge in [0.25, 0.3) is 0 Å². The van der Waals surface area contributed by atoms with Gasteiger partial charge < -0.3 is 9.32 Å². The third-order valence-electron chi connectivity index (χ3n) is 12.7. The van der Waals surface area contributed by atoms with Crippen molar-refractivity contribution >= 4 is 60.5 Å². The van der Waals surface area contributed by atoms with Crippen molar-refractivity contribution in [2.24, 2.45) is 0 Å². The first-order valence-electron chi connectivity index (χ1n) is 21.9. The zero-order valence-electron chi connectivity index (χ0n) is 35.0. The highest BCUT2D eigenvalue weighted by atomic mass is 16.3. The molecule has 0 fully saturated rings. The molecule has 300 valence electrons. The lowest BCUT2D eigenvalue weighted by molar-refractivity contribution is 0.673. The summed E-state index contributed by atoms with van der Waals surface area (Å²) in [6.45, 7) is 0. The van der Waals surface area contributed by atoms with E-state index in [9.17, 15) is 0 Å². The van der Waals surface area contributed by atoms with Gasteiger partial charge in [-0.15, -0.1) is 0 Å². The van der Waals surface area contributed by atoms with E-state index in [1.165, 1.54) is 60.7 Å². The Morgan fingerprint density at radius 2 is 0.719 bits per heavy atom. The van der Waals surface area contributed by atoms with Crippen LogP contribution in [0, 0.1) is 0 Å². The van der Waals surface area contributed by atoms with Crippen LogP contribution in [-0.4, -0.2) is 0 Å². The standard InChI is InChI=1S/C62H41NO/c1-2-12-42(13-3-1)48-17-8-18-49(40-48)43-26-33-52(34-27-43)63(53-35-28-44(29-36-53)50-19-9-20-51(41-50)56-23-10-16-45-14-4-6-21-55(45)56)54-37-30-47(31-38-54)57-24-11-25-60-61(57)59-39-32-46-15-5-7-22-58(46)62(59)64-60/h1-41H. The maximum absolute atomic E-state index is 6.56. The molecule has 2 heteroatoms. The Labute approximate surface area is 372 Å². The second-order valence-electron chi connectivity index (χ2n) is 16.5. The summed E-state index contributed by atoms with van der Waals surface area (Å²) in [4.78, 5) is 2.35. The highest BCUT2D eigenvalue weighted by Gasteiger charge is 2.18. The molecular weight excluding hydrogens is 775 g/mol. The van der Waals surface area contributed by atoms with Gasteiger partial charge >= 0.3 is 0 Å². The second kappa shape index (κ2) is 15.8. The van der Waals surface area contributed by atoms with E-state index in [-0.39, 0.29) is 0 Å². The van der Waals surface area contributed by atoms with E-state index >= 15 is 0 Å². The molecule has 0 amide bonds. The molecule has 1 heterocycles.